The molecule has 0 aliphatic carbocycles. The molecule has 5 nitrogen and oxygen atoms in total. The van der Waals surface area contributed by atoms with Crippen molar-refractivity contribution in [3.05, 3.63) is 29.6 Å². The van der Waals surface area contributed by atoms with Crippen molar-refractivity contribution in [3.63, 3.8) is 0 Å². The van der Waals surface area contributed by atoms with Gasteiger partial charge in [-0.25, -0.2) is 9.18 Å². The fraction of sp³-hybridized carbons (Fsp3) is 0.333. The summed E-state index contributed by atoms with van der Waals surface area (Å²) < 4.78 is 13.2. The third-order valence-electron chi connectivity index (χ3n) is 2.43. The molecule has 0 aromatic heterocycles. The van der Waals surface area contributed by atoms with E-state index >= 15 is 0 Å². The van der Waals surface area contributed by atoms with E-state index in [0.717, 1.165) is 17.9 Å². The van der Waals surface area contributed by atoms with Gasteiger partial charge in [0.1, 0.15) is 5.82 Å². The van der Waals surface area contributed by atoms with Crippen LogP contribution < -0.4 is 11.1 Å². The van der Waals surface area contributed by atoms with Crippen LogP contribution in [-0.2, 0) is 4.79 Å². The van der Waals surface area contributed by atoms with Gasteiger partial charge in [-0.15, -0.1) is 0 Å². The molecule has 0 aliphatic rings. The molecular weight excluding hydrogens is 271 g/mol. The van der Waals surface area contributed by atoms with Gasteiger partial charge in [-0.3, -0.25) is 4.79 Å². The van der Waals surface area contributed by atoms with Crippen LogP contribution in [0.3, 0.4) is 0 Å². The summed E-state index contributed by atoms with van der Waals surface area (Å²) in [4.78, 5) is 22.5. The zero-order chi connectivity index (χ0) is 14.4. The van der Waals surface area contributed by atoms with E-state index in [1.807, 2.05) is 6.26 Å². The lowest BCUT2D eigenvalue weighted by molar-refractivity contribution is -0.117. The molecule has 0 saturated heterocycles. The Morgan fingerprint density at radius 3 is 2.79 bits per heavy atom. The van der Waals surface area contributed by atoms with E-state index < -0.39 is 29.3 Å². The maximum atomic E-state index is 13.2. The first kappa shape index (κ1) is 15.5. The molecule has 0 heterocycles. The maximum Gasteiger partial charge on any atom is 0.338 e. The normalized spacial score (nSPS) is 11.9. The number of carbonyl (C=O) groups is 2. The van der Waals surface area contributed by atoms with E-state index in [0.29, 0.717) is 6.42 Å². The molecule has 0 saturated carbocycles. The van der Waals surface area contributed by atoms with E-state index in [1.54, 1.807) is 11.8 Å². The average Bonchev–Trinajstić information content (AvgIpc) is 2.37. The topological polar surface area (TPSA) is 92.4 Å². The van der Waals surface area contributed by atoms with Gasteiger partial charge in [-0.05, 0) is 36.6 Å². The fourth-order valence-electron chi connectivity index (χ4n) is 1.38. The molecule has 4 N–H and O–H groups in total. The van der Waals surface area contributed by atoms with Crippen LogP contribution in [0.15, 0.2) is 18.2 Å². The van der Waals surface area contributed by atoms with Crippen LogP contribution in [-0.4, -0.2) is 35.0 Å². The number of thioether (sulfide) groups is 1. The summed E-state index contributed by atoms with van der Waals surface area (Å²) in [5.41, 5.74) is 5.38. The van der Waals surface area contributed by atoms with Gasteiger partial charge < -0.3 is 16.2 Å². The molecule has 0 radical (unpaired) electrons. The van der Waals surface area contributed by atoms with Crippen LogP contribution in [0.2, 0.25) is 0 Å². The quantitative estimate of drug-likeness (QED) is 0.737. The number of aromatic carboxylic acids is 1. The second-order valence-corrected chi connectivity index (χ2v) is 4.86. The largest absolute Gasteiger partial charge is 0.478 e. The highest BCUT2D eigenvalue weighted by atomic mass is 32.2. The zero-order valence-electron chi connectivity index (χ0n) is 10.4. The zero-order valence-corrected chi connectivity index (χ0v) is 11.2. The van der Waals surface area contributed by atoms with Crippen LogP contribution in [0.1, 0.15) is 16.8 Å². The van der Waals surface area contributed by atoms with Gasteiger partial charge in [0.2, 0.25) is 5.91 Å². The van der Waals surface area contributed by atoms with Crippen molar-refractivity contribution in [2.45, 2.75) is 12.5 Å². The maximum absolute atomic E-state index is 13.2. The van der Waals surface area contributed by atoms with Crippen molar-refractivity contribution in [3.8, 4) is 0 Å². The van der Waals surface area contributed by atoms with Crippen molar-refractivity contribution in [1.82, 2.24) is 0 Å². The van der Waals surface area contributed by atoms with Crippen molar-refractivity contribution in [2.24, 2.45) is 5.73 Å². The standard InChI is InChI=1S/C12H15FN2O3S/c1-19-5-4-10(14)11(16)15-7-2-3-9(13)8(6-7)12(17)18/h2-3,6,10H,4-5,14H2,1H3,(H,15,16)(H,17,18)/t10-/m0/s1. The summed E-state index contributed by atoms with van der Waals surface area (Å²) in [5, 5.41) is 11.2. The Balaban J connectivity index is 2.74. The molecule has 0 spiro atoms. The van der Waals surface area contributed by atoms with Gasteiger partial charge in [-0.1, -0.05) is 0 Å². The van der Waals surface area contributed by atoms with E-state index in [2.05, 4.69) is 5.32 Å². The van der Waals surface area contributed by atoms with Crippen molar-refractivity contribution < 1.29 is 19.1 Å². The van der Waals surface area contributed by atoms with E-state index in [-0.39, 0.29) is 5.69 Å². The predicted molar refractivity (Wildman–Crippen MR) is 73.0 cm³/mol. The molecular formula is C12H15FN2O3S. The van der Waals surface area contributed by atoms with Gasteiger partial charge >= 0.3 is 5.97 Å². The van der Waals surface area contributed by atoms with Gasteiger partial charge in [0.05, 0.1) is 11.6 Å². The van der Waals surface area contributed by atoms with Gasteiger partial charge in [0, 0.05) is 5.69 Å². The Morgan fingerprint density at radius 2 is 2.21 bits per heavy atom. The van der Waals surface area contributed by atoms with E-state index in [9.17, 15) is 14.0 Å². The minimum Gasteiger partial charge on any atom is -0.478 e. The number of amides is 1. The Hall–Kier alpha value is -1.60. The number of anilines is 1. The lowest BCUT2D eigenvalue weighted by Crippen LogP contribution is -2.36. The Morgan fingerprint density at radius 1 is 1.53 bits per heavy atom. The van der Waals surface area contributed by atoms with Crippen molar-refractivity contribution >= 4 is 29.3 Å². The number of benzene rings is 1. The number of carboxylic acids is 1. The summed E-state index contributed by atoms with van der Waals surface area (Å²) in [6.45, 7) is 0. The molecule has 0 fully saturated rings. The molecule has 0 aliphatic heterocycles. The smallest absolute Gasteiger partial charge is 0.338 e. The minimum absolute atomic E-state index is 0.211. The van der Waals surface area contributed by atoms with Crippen LogP contribution in [0.4, 0.5) is 10.1 Å². The Kier molecular flexibility index (Phi) is 5.78. The monoisotopic (exact) mass is 286 g/mol. The highest BCUT2D eigenvalue weighted by Gasteiger charge is 2.15. The summed E-state index contributed by atoms with van der Waals surface area (Å²) in [6.07, 6.45) is 2.42. The number of nitrogens with one attached hydrogen (secondary N) is 1. The first-order valence-corrected chi connectivity index (χ1v) is 6.93. The molecule has 0 unspecified atom stereocenters. The van der Waals surface area contributed by atoms with Gasteiger partial charge in [0.15, 0.2) is 0 Å². The molecule has 1 atom stereocenters. The second kappa shape index (κ2) is 7.10. The van der Waals surface area contributed by atoms with Gasteiger partial charge in [0.25, 0.3) is 0 Å². The third-order valence-corrected chi connectivity index (χ3v) is 3.08. The fourth-order valence-corrected chi connectivity index (χ4v) is 1.87. The number of hydrogen-bond donors (Lipinski definition) is 3. The van der Waals surface area contributed by atoms with E-state index in [1.165, 1.54) is 6.07 Å². The first-order chi connectivity index (χ1) is 8.95. The number of nitrogens with two attached hydrogens (primary N) is 1. The van der Waals surface area contributed by atoms with E-state index in [4.69, 9.17) is 10.8 Å². The highest BCUT2D eigenvalue weighted by Crippen LogP contribution is 2.15. The second-order valence-electron chi connectivity index (χ2n) is 3.88. The predicted octanol–water partition coefficient (Wildman–Crippen LogP) is 1.54. The van der Waals surface area contributed by atoms with Crippen LogP contribution in [0, 0.1) is 5.82 Å². The molecule has 1 rings (SSSR count). The summed E-state index contributed by atoms with van der Waals surface area (Å²) in [5.74, 6) is -1.91. The molecule has 104 valence electrons. The summed E-state index contributed by atoms with van der Waals surface area (Å²) in [6, 6.07) is 2.68. The molecule has 1 amide bonds. The first-order valence-electron chi connectivity index (χ1n) is 5.54. The number of carboxylic acid groups (broad SMARTS) is 1. The minimum atomic E-state index is -1.39. The SMILES string of the molecule is CSCC[C@H](N)C(=O)Nc1ccc(F)c(C(=O)O)c1. The van der Waals surface area contributed by atoms with Crippen LogP contribution >= 0.6 is 11.8 Å². The lowest BCUT2D eigenvalue weighted by atomic mass is 10.1. The average molecular weight is 286 g/mol. The number of hydrogen-bond acceptors (Lipinski definition) is 4. The summed E-state index contributed by atoms with van der Waals surface area (Å²) >= 11 is 1.57. The molecule has 7 heteroatoms. The number of carbonyl (C=O) groups excluding carboxylic acids is 1. The number of rotatable bonds is 6. The van der Waals surface area contributed by atoms with Gasteiger partial charge in [-0.2, -0.15) is 11.8 Å². The van der Waals surface area contributed by atoms with Crippen LogP contribution in [0.5, 0.6) is 0 Å². The Labute approximate surface area is 114 Å². The van der Waals surface area contributed by atoms with Crippen molar-refractivity contribution in [2.75, 3.05) is 17.3 Å². The molecule has 0 bridgehead atoms. The van der Waals surface area contributed by atoms with Crippen LogP contribution in [0.25, 0.3) is 0 Å². The molecule has 1 aromatic carbocycles. The highest BCUT2D eigenvalue weighted by molar-refractivity contribution is 7.98. The lowest BCUT2D eigenvalue weighted by Gasteiger charge is -2.12. The molecule has 19 heavy (non-hydrogen) atoms. The molecule has 1 aromatic rings. The Bertz CT molecular complexity index is 482. The van der Waals surface area contributed by atoms with Crippen molar-refractivity contribution in [1.29, 1.82) is 0 Å². The third kappa shape index (κ3) is 4.53. The number of halogens is 1. The summed E-state index contributed by atoms with van der Waals surface area (Å²) in [7, 11) is 0.